The largest absolute Gasteiger partial charge is 0.155 e. The third-order valence-electron chi connectivity index (χ3n) is 0.785. The van der Waals surface area contributed by atoms with Crippen molar-refractivity contribution in [3.63, 3.8) is 0 Å². The summed E-state index contributed by atoms with van der Waals surface area (Å²) in [5, 5.41) is 0.0995. The third kappa shape index (κ3) is 0.772. The molecule has 0 aliphatic heterocycles. The maximum absolute atomic E-state index is 5.52. The molecule has 1 saturated carbocycles. The average molecular weight is 143 g/mol. The number of hydrogen-bond donors (Lipinski definition) is 1. The summed E-state index contributed by atoms with van der Waals surface area (Å²) in [6.45, 7) is 0. The van der Waals surface area contributed by atoms with Gasteiger partial charge in [0.15, 0.2) is 0 Å². The van der Waals surface area contributed by atoms with Gasteiger partial charge in [0.05, 0.1) is 5.38 Å². The molecule has 0 N–H and O–H groups in total. The fourth-order valence-corrected chi connectivity index (χ4v) is 0.959. The first-order valence-corrected chi connectivity index (χ1v) is 2.94. The molecule has 1 fully saturated rings. The number of halogens is 2. The molecular weight excluding hydrogens is 139 g/mol. The molecule has 0 nitrogen and oxygen atoms in total. The standard InChI is InChI=1S/C3H4Cl2S/c4-2-1-3(2,5)6/h2,6H,1H2. The minimum absolute atomic E-state index is 0.0995. The van der Waals surface area contributed by atoms with Crippen molar-refractivity contribution in [2.24, 2.45) is 0 Å². The van der Waals surface area contributed by atoms with Gasteiger partial charge in [-0.1, -0.05) is 0 Å². The van der Waals surface area contributed by atoms with Crippen molar-refractivity contribution >= 4 is 35.8 Å². The molecule has 1 aliphatic carbocycles. The fourth-order valence-electron chi connectivity index (χ4n) is 0.192. The maximum Gasteiger partial charge on any atom is 0.105 e. The minimum atomic E-state index is -0.360. The van der Waals surface area contributed by atoms with Gasteiger partial charge in [-0.05, 0) is 6.42 Å². The van der Waals surface area contributed by atoms with Crippen LogP contribution in [-0.4, -0.2) is 9.58 Å². The lowest BCUT2D eigenvalue weighted by molar-refractivity contribution is 1.40. The Morgan fingerprint density at radius 1 is 1.83 bits per heavy atom. The van der Waals surface area contributed by atoms with Crippen molar-refractivity contribution < 1.29 is 0 Å². The lowest BCUT2D eigenvalue weighted by Crippen LogP contribution is -1.84. The van der Waals surface area contributed by atoms with E-state index >= 15 is 0 Å². The second-order valence-corrected chi connectivity index (χ2v) is 3.75. The van der Waals surface area contributed by atoms with Gasteiger partial charge < -0.3 is 0 Å². The van der Waals surface area contributed by atoms with Crippen molar-refractivity contribution in [2.45, 2.75) is 16.0 Å². The summed E-state index contributed by atoms with van der Waals surface area (Å²) in [6.07, 6.45) is 0.833. The molecule has 0 saturated heterocycles. The molecule has 0 aromatic rings. The monoisotopic (exact) mass is 142 g/mol. The van der Waals surface area contributed by atoms with Crippen LogP contribution in [0.4, 0.5) is 0 Å². The summed E-state index contributed by atoms with van der Waals surface area (Å²) in [5.74, 6) is 0. The Balaban J connectivity index is 2.41. The number of hydrogen-bond acceptors (Lipinski definition) is 1. The van der Waals surface area contributed by atoms with Gasteiger partial charge in [0.25, 0.3) is 0 Å². The van der Waals surface area contributed by atoms with E-state index in [4.69, 9.17) is 23.2 Å². The summed E-state index contributed by atoms with van der Waals surface area (Å²) >= 11 is 15.0. The summed E-state index contributed by atoms with van der Waals surface area (Å²) in [4.78, 5) is 0. The lowest BCUT2D eigenvalue weighted by Gasteiger charge is -1.86. The predicted octanol–water partition coefficient (Wildman–Crippen LogP) is 1.86. The van der Waals surface area contributed by atoms with E-state index in [1.807, 2.05) is 0 Å². The zero-order valence-corrected chi connectivity index (χ0v) is 5.39. The Morgan fingerprint density at radius 2 is 2.00 bits per heavy atom. The van der Waals surface area contributed by atoms with Gasteiger partial charge in [-0.15, -0.1) is 23.2 Å². The number of rotatable bonds is 0. The van der Waals surface area contributed by atoms with E-state index < -0.39 is 0 Å². The van der Waals surface area contributed by atoms with Crippen molar-refractivity contribution in [1.29, 1.82) is 0 Å². The topological polar surface area (TPSA) is 0 Å². The van der Waals surface area contributed by atoms with Crippen LogP contribution in [0.5, 0.6) is 0 Å². The first kappa shape index (κ1) is 5.07. The average Bonchev–Trinajstić information content (AvgIpc) is 1.73. The van der Waals surface area contributed by atoms with Crippen LogP contribution in [-0.2, 0) is 0 Å². The fraction of sp³-hybridized carbons (Fsp3) is 1.00. The van der Waals surface area contributed by atoms with Gasteiger partial charge in [-0.2, -0.15) is 12.6 Å². The summed E-state index contributed by atoms with van der Waals surface area (Å²) < 4.78 is -0.360. The highest BCUT2D eigenvalue weighted by molar-refractivity contribution is 7.84. The van der Waals surface area contributed by atoms with Crippen LogP contribution in [0.15, 0.2) is 0 Å². The van der Waals surface area contributed by atoms with Gasteiger partial charge in [-0.25, -0.2) is 0 Å². The molecule has 0 radical (unpaired) electrons. The smallest absolute Gasteiger partial charge is 0.105 e. The highest BCUT2D eigenvalue weighted by Gasteiger charge is 2.48. The normalized spacial score (nSPS) is 55.5. The number of alkyl halides is 2. The molecule has 2 atom stereocenters. The second kappa shape index (κ2) is 1.21. The molecule has 36 valence electrons. The molecule has 0 amide bonds. The first-order valence-electron chi connectivity index (χ1n) is 1.68. The zero-order chi connectivity index (χ0) is 4.78. The van der Waals surface area contributed by atoms with E-state index in [0.717, 1.165) is 6.42 Å². The molecule has 0 spiro atoms. The Bertz CT molecular complexity index is 71.2. The van der Waals surface area contributed by atoms with Crippen LogP contribution in [0.3, 0.4) is 0 Å². The summed E-state index contributed by atoms with van der Waals surface area (Å²) in [7, 11) is 0. The molecule has 0 aromatic heterocycles. The van der Waals surface area contributed by atoms with Gasteiger partial charge in [-0.3, -0.25) is 0 Å². The number of thiol groups is 1. The van der Waals surface area contributed by atoms with E-state index in [0.29, 0.717) is 0 Å². The zero-order valence-electron chi connectivity index (χ0n) is 2.99. The van der Waals surface area contributed by atoms with Crippen LogP contribution in [0, 0.1) is 0 Å². The van der Waals surface area contributed by atoms with E-state index in [1.165, 1.54) is 0 Å². The van der Waals surface area contributed by atoms with Crippen molar-refractivity contribution in [1.82, 2.24) is 0 Å². The van der Waals surface area contributed by atoms with E-state index in [9.17, 15) is 0 Å². The molecule has 1 rings (SSSR count). The Morgan fingerprint density at radius 3 is 2.00 bits per heavy atom. The van der Waals surface area contributed by atoms with Crippen LogP contribution >= 0.6 is 35.8 Å². The molecule has 1 aliphatic rings. The van der Waals surface area contributed by atoms with E-state index in [2.05, 4.69) is 12.6 Å². The van der Waals surface area contributed by atoms with E-state index in [-0.39, 0.29) is 9.58 Å². The molecule has 3 heteroatoms. The van der Waals surface area contributed by atoms with Gasteiger partial charge in [0.1, 0.15) is 4.21 Å². The highest BCUT2D eigenvalue weighted by Crippen LogP contribution is 2.50. The molecule has 0 aromatic carbocycles. The predicted molar refractivity (Wildman–Crippen MR) is 31.8 cm³/mol. The Kier molecular flexibility index (Phi) is 1.02. The van der Waals surface area contributed by atoms with Crippen LogP contribution < -0.4 is 0 Å². The van der Waals surface area contributed by atoms with Crippen molar-refractivity contribution in [2.75, 3.05) is 0 Å². The lowest BCUT2D eigenvalue weighted by atomic mass is 10.9. The molecule has 0 bridgehead atoms. The minimum Gasteiger partial charge on any atom is -0.155 e. The van der Waals surface area contributed by atoms with Gasteiger partial charge in [0.2, 0.25) is 0 Å². The second-order valence-electron chi connectivity index (χ2n) is 1.49. The first-order chi connectivity index (χ1) is 2.63. The third-order valence-corrected chi connectivity index (χ3v) is 2.49. The van der Waals surface area contributed by atoms with Gasteiger partial charge in [0, 0.05) is 0 Å². The summed E-state index contributed by atoms with van der Waals surface area (Å²) in [5.41, 5.74) is 0. The van der Waals surface area contributed by atoms with E-state index in [1.54, 1.807) is 0 Å². The van der Waals surface area contributed by atoms with Gasteiger partial charge >= 0.3 is 0 Å². The van der Waals surface area contributed by atoms with Crippen LogP contribution in [0.2, 0.25) is 0 Å². The molecule has 0 heterocycles. The highest BCUT2D eigenvalue weighted by atomic mass is 35.5. The van der Waals surface area contributed by atoms with Crippen LogP contribution in [0.1, 0.15) is 6.42 Å². The maximum atomic E-state index is 5.52. The summed E-state index contributed by atoms with van der Waals surface area (Å²) in [6, 6.07) is 0. The van der Waals surface area contributed by atoms with Crippen LogP contribution in [0.25, 0.3) is 0 Å². The Hall–Kier alpha value is 0.930. The Labute approximate surface area is 52.2 Å². The van der Waals surface area contributed by atoms with Crippen molar-refractivity contribution in [3.8, 4) is 0 Å². The molecular formula is C3H4Cl2S. The van der Waals surface area contributed by atoms with Crippen molar-refractivity contribution in [3.05, 3.63) is 0 Å². The quantitative estimate of drug-likeness (QED) is 0.388. The molecule has 6 heavy (non-hydrogen) atoms. The SMILES string of the molecule is SC1(Cl)CC1Cl. The molecule has 2 unspecified atom stereocenters.